The number of nitrogens with two attached hydrogens (primary N) is 1. The number of H-pyrrole nitrogens is 1. The van der Waals surface area contributed by atoms with Gasteiger partial charge in [-0.15, -0.1) is 0 Å². The first-order chi connectivity index (χ1) is 11.8. The van der Waals surface area contributed by atoms with E-state index in [4.69, 9.17) is 5.73 Å². The predicted octanol–water partition coefficient (Wildman–Crippen LogP) is 2.83. The molecule has 0 saturated heterocycles. The molecule has 0 amide bonds. The van der Waals surface area contributed by atoms with Crippen LogP contribution in [0.4, 0.5) is 5.69 Å². The van der Waals surface area contributed by atoms with Crippen molar-refractivity contribution in [1.82, 2.24) is 25.0 Å². The Labute approximate surface area is 139 Å². The summed E-state index contributed by atoms with van der Waals surface area (Å²) in [6.07, 6.45) is 4.48. The van der Waals surface area contributed by atoms with E-state index in [1.807, 2.05) is 71.7 Å². The summed E-state index contributed by atoms with van der Waals surface area (Å²) in [5.41, 5.74) is 9.50. The molecule has 0 aliphatic rings. The third-order valence-electron chi connectivity index (χ3n) is 3.70. The van der Waals surface area contributed by atoms with Crippen LogP contribution in [0.5, 0.6) is 0 Å². The minimum absolute atomic E-state index is 0.641. The van der Waals surface area contributed by atoms with Gasteiger partial charge < -0.3 is 5.73 Å². The number of hydrogen-bond acceptors (Lipinski definition) is 4. The lowest BCUT2D eigenvalue weighted by Gasteiger charge is -1.98. The molecule has 0 radical (unpaired) electrons. The number of nitrogens with zero attached hydrogens (tertiary/aromatic N) is 4. The zero-order valence-electron chi connectivity index (χ0n) is 12.9. The fourth-order valence-corrected chi connectivity index (χ4v) is 2.55. The summed E-state index contributed by atoms with van der Waals surface area (Å²) in [5, 5.41) is 11.6. The SMILES string of the molecule is Nc1cccc(-c2n[nH]c(Cc3cnn(-c4ccccc4)c3)n2)c1. The first-order valence-corrected chi connectivity index (χ1v) is 7.64. The zero-order chi connectivity index (χ0) is 16.4. The van der Waals surface area contributed by atoms with Crippen LogP contribution >= 0.6 is 0 Å². The summed E-state index contributed by atoms with van der Waals surface area (Å²) < 4.78 is 1.85. The predicted molar refractivity (Wildman–Crippen MR) is 92.6 cm³/mol. The molecule has 0 fully saturated rings. The van der Waals surface area contributed by atoms with Crippen LogP contribution in [-0.2, 0) is 6.42 Å². The van der Waals surface area contributed by atoms with Gasteiger partial charge in [0.2, 0.25) is 0 Å². The zero-order valence-corrected chi connectivity index (χ0v) is 12.9. The number of para-hydroxylation sites is 1. The molecule has 0 aliphatic carbocycles. The van der Waals surface area contributed by atoms with Gasteiger partial charge in [-0.05, 0) is 29.8 Å². The van der Waals surface area contributed by atoms with Crippen LogP contribution in [-0.4, -0.2) is 25.0 Å². The summed E-state index contributed by atoms with van der Waals surface area (Å²) in [6, 6.07) is 17.5. The highest BCUT2D eigenvalue weighted by Gasteiger charge is 2.08. The van der Waals surface area contributed by atoms with Crippen LogP contribution in [0.1, 0.15) is 11.4 Å². The molecule has 6 heteroatoms. The topological polar surface area (TPSA) is 85.4 Å². The standard InChI is InChI=1S/C18H16N6/c19-15-6-4-5-14(10-15)18-21-17(22-23-18)9-13-11-20-24(12-13)16-7-2-1-3-8-16/h1-8,10-12H,9,19H2,(H,21,22,23). The van der Waals surface area contributed by atoms with Gasteiger partial charge >= 0.3 is 0 Å². The van der Waals surface area contributed by atoms with Crippen molar-refractivity contribution in [2.45, 2.75) is 6.42 Å². The molecule has 0 bridgehead atoms. The average molecular weight is 316 g/mol. The smallest absolute Gasteiger partial charge is 0.181 e. The summed E-state index contributed by atoms with van der Waals surface area (Å²) in [5.74, 6) is 1.44. The number of aromatic amines is 1. The van der Waals surface area contributed by atoms with E-state index in [1.165, 1.54) is 0 Å². The number of rotatable bonds is 4. The van der Waals surface area contributed by atoms with Gasteiger partial charge in [0.25, 0.3) is 0 Å². The van der Waals surface area contributed by atoms with Crippen molar-refractivity contribution >= 4 is 5.69 Å². The van der Waals surface area contributed by atoms with Gasteiger partial charge in [-0.2, -0.15) is 10.2 Å². The maximum Gasteiger partial charge on any atom is 0.181 e. The maximum absolute atomic E-state index is 5.81. The van der Waals surface area contributed by atoms with Crippen LogP contribution in [0.3, 0.4) is 0 Å². The van der Waals surface area contributed by atoms with E-state index >= 15 is 0 Å². The Hall–Kier alpha value is -3.41. The average Bonchev–Trinajstić information content (AvgIpc) is 3.26. The fourth-order valence-electron chi connectivity index (χ4n) is 2.55. The van der Waals surface area contributed by atoms with Gasteiger partial charge in [0.15, 0.2) is 5.82 Å². The third kappa shape index (κ3) is 2.89. The molecule has 3 N–H and O–H groups in total. The van der Waals surface area contributed by atoms with Crippen LogP contribution < -0.4 is 5.73 Å². The Balaban J connectivity index is 1.54. The molecule has 0 aliphatic heterocycles. The molecule has 0 spiro atoms. The molecule has 4 rings (SSSR count). The van der Waals surface area contributed by atoms with E-state index in [0.717, 1.165) is 22.6 Å². The lowest BCUT2D eigenvalue weighted by Crippen LogP contribution is -1.93. The largest absolute Gasteiger partial charge is 0.399 e. The van der Waals surface area contributed by atoms with Gasteiger partial charge in [-0.25, -0.2) is 9.67 Å². The Bertz CT molecular complexity index is 954. The van der Waals surface area contributed by atoms with Crippen LogP contribution in [0.25, 0.3) is 17.1 Å². The molecule has 2 aromatic carbocycles. The van der Waals surface area contributed by atoms with Gasteiger partial charge in [-0.3, -0.25) is 5.10 Å². The second-order valence-electron chi connectivity index (χ2n) is 5.54. The van der Waals surface area contributed by atoms with Crippen molar-refractivity contribution < 1.29 is 0 Å². The van der Waals surface area contributed by atoms with Crippen molar-refractivity contribution in [3.8, 4) is 17.1 Å². The molecule has 2 heterocycles. The lowest BCUT2D eigenvalue weighted by atomic mass is 10.2. The molecule has 118 valence electrons. The van der Waals surface area contributed by atoms with Crippen molar-refractivity contribution in [2.24, 2.45) is 0 Å². The first-order valence-electron chi connectivity index (χ1n) is 7.64. The Kier molecular flexibility index (Phi) is 3.55. The second-order valence-corrected chi connectivity index (χ2v) is 5.54. The minimum atomic E-state index is 0.641. The summed E-state index contributed by atoms with van der Waals surface area (Å²) >= 11 is 0. The van der Waals surface area contributed by atoms with Crippen LogP contribution in [0.2, 0.25) is 0 Å². The molecule has 4 aromatic rings. The minimum Gasteiger partial charge on any atom is -0.399 e. The molecule has 6 nitrogen and oxygen atoms in total. The van der Waals surface area contributed by atoms with E-state index in [9.17, 15) is 0 Å². The fraction of sp³-hybridized carbons (Fsp3) is 0.0556. The monoisotopic (exact) mass is 316 g/mol. The first kappa shape index (κ1) is 14.2. The highest BCUT2D eigenvalue weighted by molar-refractivity contribution is 5.60. The van der Waals surface area contributed by atoms with E-state index in [1.54, 1.807) is 0 Å². The molecule has 2 aromatic heterocycles. The molecule has 24 heavy (non-hydrogen) atoms. The van der Waals surface area contributed by atoms with E-state index in [-0.39, 0.29) is 0 Å². The molecule has 0 atom stereocenters. The van der Waals surface area contributed by atoms with Crippen LogP contribution in [0.15, 0.2) is 67.0 Å². The quantitative estimate of drug-likeness (QED) is 0.567. The van der Waals surface area contributed by atoms with E-state index in [0.29, 0.717) is 17.9 Å². The Morgan fingerprint density at radius 3 is 2.75 bits per heavy atom. The number of anilines is 1. The second kappa shape index (κ2) is 6.00. The van der Waals surface area contributed by atoms with Gasteiger partial charge in [0.05, 0.1) is 11.9 Å². The Morgan fingerprint density at radius 2 is 1.92 bits per heavy atom. The number of nitrogens with one attached hydrogen (secondary N) is 1. The number of benzene rings is 2. The van der Waals surface area contributed by atoms with Crippen molar-refractivity contribution in [2.75, 3.05) is 5.73 Å². The number of aromatic nitrogens is 5. The highest BCUT2D eigenvalue weighted by Crippen LogP contribution is 2.18. The summed E-state index contributed by atoms with van der Waals surface area (Å²) in [7, 11) is 0. The van der Waals surface area contributed by atoms with Crippen LogP contribution in [0, 0.1) is 0 Å². The third-order valence-corrected chi connectivity index (χ3v) is 3.70. The van der Waals surface area contributed by atoms with E-state index in [2.05, 4.69) is 20.3 Å². The molecular weight excluding hydrogens is 300 g/mol. The molecule has 0 unspecified atom stereocenters. The summed E-state index contributed by atoms with van der Waals surface area (Å²) in [6.45, 7) is 0. The number of hydrogen-bond donors (Lipinski definition) is 2. The van der Waals surface area contributed by atoms with Crippen molar-refractivity contribution in [3.63, 3.8) is 0 Å². The highest BCUT2D eigenvalue weighted by atomic mass is 15.3. The Morgan fingerprint density at radius 1 is 1.04 bits per heavy atom. The van der Waals surface area contributed by atoms with Gasteiger partial charge in [0, 0.05) is 23.9 Å². The van der Waals surface area contributed by atoms with Crippen molar-refractivity contribution in [1.29, 1.82) is 0 Å². The molecular formula is C18H16N6. The van der Waals surface area contributed by atoms with Crippen molar-refractivity contribution in [3.05, 3.63) is 78.4 Å². The maximum atomic E-state index is 5.81. The normalized spacial score (nSPS) is 10.8. The molecule has 0 saturated carbocycles. The van der Waals surface area contributed by atoms with E-state index < -0.39 is 0 Å². The van der Waals surface area contributed by atoms with Gasteiger partial charge in [0.1, 0.15) is 5.82 Å². The lowest BCUT2D eigenvalue weighted by molar-refractivity contribution is 0.879. The van der Waals surface area contributed by atoms with Gasteiger partial charge in [-0.1, -0.05) is 30.3 Å². The number of nitrogen functional groups attached to an aromatic ring is 1. The summed E-state index contributed by atoms with van der Waals surface area (Å²) in [4.78, 5) is 4.54.